The zero-order valence-electron chi connectivity index (χ0n) is 18.6. The van der Waals surface area contributed by atoms with Crippen molar-refractivity contribution in [2.75, 3.05) is 5.32 Å². The fourth-order valence-electron chi connectivity index (χ4n) is 3.83. The van der Waals surface area contributed by atoms with E-state index in [4.69, 9.17) is 0 Å². The molecule has 1 fully saturated rings. The van der Waals surface area contributed by atoms with E-state index in [1.54, 1.807) is 18.2 Å². The number of hydrogen-bond acceptors (Lipinski definition) is 5. The minimum atomic E-state index is -0.307. The number of benzene rings is 2. The standard InChI is InChI=1S/C26H24N4O3S/c1-16-5-2-3-6-18(16)15-27-26(33)30-22(17-8-9-17)14-21(29-30)20-13-19(10-11-23(20)31)28-25(32)24-7-4-12-34-24/h2-7,10-14,17,31H,8-9,15H2,1H3,(H,27,33)(H,28,32). The van der Waals surface area contributed by atoms with Gasteiger partial charge in [-0.3, -0.25) is 4.79 Å². The van der Waals surface area contributed by atoms with Gasteiger partial charge in [0.25, 0.3) is 5.91 Å². The molecule has 5 rings (SSSR count). The van der Waals surface area contributed by atoms with Crippen molar-refractivity contribution in [2.24, 2.45) is 0 Å². The van der Waals surface area contributed by atoms with Crippen LogP contribution in [0.15, 0.2) is 66.0 Å². The third kappa shape index (κ3) is 4.58. The van der Waals surface area contributed by atoms with Gasteiger partial charge in [0.2, 0.25) is 0 Å². The SMILES string of the molecule is Cc1ccccc1CNC(=O)n1nc(-c2cc(NC(=O)c3cccs3)ccc2O)cc1C1CC1. The molecule has 0 atom stereocenters. The summed E-state index contributed by atoms with van der Waals surface area (Å²) in [6.07, 6.45) is 2.00. The largest absolute Gasteiger partial charge is 0.507 e. The topological polar surface area (TPSA) is 96.3 Å². The first-order chi connectivity index (χ1) is 16.5. The number of nitrogens with one attached hydrogen (secondary N) is 2. The van der Waals surface area contributed by atoms with E-state index >= 15 is 0 Å². The van der Waals surface area contributed by atoms with Crippen LogP contribution in [0.4, 0.5) is 10.5 Å². The molecule has 0 unspecified atom stereocenters. The van der Waals surface area contributed by atoms with Gasteiger partial charge in [-0.2, -0.15) is 9.78 Å². The van der Waals surface area contributed by atoms with Crippen LogP contribution in [0.25, 0.3) is 11.3 Å². The van der Waals surface area contributed by atoms with Crippen LogP contribution >= 0.6 is 11.3 Å². The highest BCUT2D eigenvalue weighted by Gasteiger charge is 2.31. The molecule has 0 saturated heterocycles. The molecule has 3 N–H and O–H groups in total. The van der Waals surface area contributed by atoms with E-state index in [0.717, 1.165) is 29.7 Å². The Hall–Kier alpha value is -3.91. The number of amides is 2. The van der Waals surface area contributed by atoms with E-state index in [0.29, 0.717) is 28.4 Å². The van der Waals surface area contributed by atoms with Gasteiger partial charge in [0.1, 0.15) is 5.75 Å². The molecule has 2 amide bonds. The Bertz CT molecular complexity index is 1360. The maximum atomic E-state index is 13.0. The number of aromatic nitrogens is 2. The van der Waals surface area contributed by atoms with Crippen molar-refractivity contribution < 1.29 is 14.7 Å². The summed E-state index contributed by atoms with van der Waals surface area (Å²) >= 11 is 1.35. The Balaban J connectivity index is 1.40. The Morgan fingerprint density at radius 2 is 1.94 bits per heavy atom. The molecule has 1 saturated carbocycles. The molecule has 172 valence electrons. The van der Waals surface area contributed by atoms with Crippen LogP contribution in [0.1, 0.15) is 45.3 Å². The van der Waals surface area contributed by atoms with Crippen molar-refractivity contribution in [2.45, 2.75) is 32.2 Å². The van der Waals surface area contributed by atoms with Gasteiger partial charge in [0.05, 0.1) is 16.3 Å². The fourth-order valence-corrected chi connectivity index (χ4v) is 4.45. The number of carbonyl (C=O) groups excluding carboxylic acids is 2. The number of thiophene rings is 1. The lowest BCUT2D eigenvalue weighted by atomic mass is 10.1. The number of phenols is 1. The molecular weight excluding hydrogens is 448 g/mol. The van der Waals surface area contributed by atoms with Gasteiger partial charge >= 0.3 is 6.03 Å². The predicted molar refractivity (Wildman–Crippen MR) is 132 cm³/mol. The number of aromatic hydroxyl groups is 1. The van der Waals surface area contributed by atoms with Gasteiger partial charge in [-0.25, -0.2) is 4.79 Å². The van der Waals surface area contributed by atoms with Gasteiger partial charge < -0.3 is 15.7 Å². The van der Waals surface area contributed by atoms with Crippen LogP contribution < -0.4 is 10.6 Å². The van der Waals surface area contributed by atoms with Crippen LogP contribution in [0.2, 0.25) is 0 Å². The summed E-state index contributed by atoms with van der Waals surface area (Å²) in [5.41, 5.74) is 4.46. The summed E-state index contributed by atoms with van der Waals surface area (Å²) in [5.74, 6) is 0.0854. The highest BCUT2D eigenvalue weighted by molar-refractivity contribution is 7.12. The van der Waals surface area contributed by atoms with E-state index in [1.165, 1.54) is 22.1 Å². The number of carbonyl (C=O) groups is 2. The molecule has 2 heterocycles. The summed E-state index contributed by atoms with van der Waals surface area (Å²) < 4.78 is 1.40. The molecule has 0 spiro atoms. The molecule has 1 aliphatic carbocycles. The van der Waals surface area contributed by atoms with Crippen LogP contribution in [0.3, 0.4) is 0 Å². The maximum absolute atomic E-state index is 13.0. The first kappa shape index (κ1) is 21.9. The second kappa shape index (κ2) is 9.15. The van der Waals surface area contributed by atoms with Crippen LogP contribution in [-0.2, 0) is 6.54 Å². The van der Waals surface area contributed by atoms with Gasteiger partial charge in [-0.15, -0.1) is 11.3 Å². The fraction of sp³-hybridized carbons (Fsp3) is 0.192. The van der Waals surface area contributed by atoms with Crippen LogP contribution in [-0.4, -0.2) is 26.8 Å². The van der Waals surface area contributed by atoms with Crippen molar-refractivity contribution in [1.29, 1.82) is 0 Å². The van der Waals surface area contributed by atoms with Gasteiger partial charge in [0, 0.05) is 23.7 Å². The Morgan fingerprint density at radius 3 is 2.68 bits per heavy atom. The lowest BCUT2D eigenvalue weighted by Gasteiger charge is -2.09. The number of hydrogen-bond donors (Lipinski definition) is 3. The summed E-state index contributed by atoms with van der Waals surface area (Å²) in [5, 5.41) is 22.7. The molecule has 7 nitrogen and oxygen atoms in total. The summed E-state index contributed by atoms with van der Waals surface area (Å²) in [6, 6.07) is 17.9. The molecule has 1 aliphatic rings. The zero-order chi connectivity index (χ0) is 23.7. The predicted octanol–water partition coefficient (Wildman–Crippen LogP) is 5.51. The molecule has 0 radical (unpaired) electrons. The number of anilines is 1. The second-order valence-electron chi connectivity index (χ2n) is 8.39. The lowest BCUT2D eigenvalue weighted by Crippen LogP contribution is -2.30. The Morgan fingerprint density at radius 1 is 1.12 bits per heavy atom. The van der Waals surface area contributed by atoms with Gasteiger partial charge in [-0.05, 0) is 66.6 Å². The molecule has 0 bridgehead atoms. The molecule has 8 heteroatoms. The monoisotopic (exact) mass is 472 g/mol. The molecule has 0 aliphatic heterocycles. The third-order valence-electron chi connectivity index (χ3n) is 5.89. The van der Waals surface area contributed by atoms with E-state index in [-0.39, 0.29) is 23.6 Å². The van der Waals surface area contributed by atoms with Gasteiger partial charge in [0.15, 0.2) is 0 Å². The summed E-state index contributed by atoms with van der Waals surface area (Å²) in [7, 11) is 0. The van der Waals surface area contributed by atoms with Crippen molar-refractivity contribution >= 4 is 29.0 Å². The van der Waals surface area contributed by atoms with Crippen molar-refractivity contribution in [1.82, 2.24) is 15.1 Å². The highest BCUT2D eigenvalue weighted by atomic mass is 32.1. The smallest absolute Gasteiger partial charge is 0.342 e. The highest BCUT2D eigenvalue weighted by Crippen LogP contribution is 2.42. The van der Waals surface area contributed by atoms with E-state index in [1.807, 2.05) is 48.7 Å². The number of rotatable bonds is 6. The molecule has 34 heavy (non-hydrogen) atoms. The van der Waals surface area contributed by atoms with Crippen molar-refractivity contribution in [3.05, 3.63) is 87.7 Å². The normalized spacial score (nSPS) is 13.0. The minimum absolute atomic E-state index is 0.0291. The van der Waals surface area contributed by atoms with E-state index in [2.05, 4.69) is 15.7 Å². The molecular formula is C26H24N4O3S. The Labute approximate surface area is 201 Å². The third-order valence-corrected chi connectivity index (χ3v) is 6.76. The average molecular weight is 473 g/mol. The summed E-state index contributed by atoms with van der Waals surface area (Å²) in [4.78, 5) is 26.1. The van der Waals surface area contributed by atoms with Crippen LogP contribution in [0, 0.1) is 6.92 Å². The number of nitrogens with zero attached hydrogens (tertiary/aromatic N) is 2. The average Bonchev–Trinajstić information content (AvgIpc) is 3.34. The molecule has 2 aromatic heterocycles. The lowest BCUT2D eigenvalue weighted by molar-refractivity contribution is 0.103. The van der Waals surface area contributed by atoms with E-state index < -0.39 is 0 Å². The number of aryl methyl sites for hydroxylation is 1. The number of phenolic OH excluding ortho intramolecular Hbond substituents is 1. The van der Waals surface area contributed by atoms with Gasteiger partial charge in [-0.1, -0.05) is 30.3 Å². The second-order valence-corrected chi connectivity index (χ2v) is 9.34. The molecule has 2 aromatic carbocycles. The van der Waals surface area contributed by atoms with Crippen molar-refractivity contribution in [3.8, 4) is 17.0 Å². The maximum Gasteiger partial charge on any atom is 0.342 e. The molecule has 4 aromatic rings. The quantitative estimate of drug-likeness (QED) is 0.322. The first-order valence-electron chi connectivity index (χ1n) is 11.1. The summed E-state index contributed by atoms with van der Waals surface area (Å²) in [6.45, 7) is 2.41. The van der Waals surface area contributed by atoms with Crippen LogP contribution in [0.5, 0.6) is 5.75 Å². The zero-order valence-corrected chi connectivity index (χ0v) is 19.4. The Kier molecular flexibility index (Phi) is 5.90. The minimum Gasteiger partial charge on any atom is -0.507 e. The van der Waals surface area contributed by atoms with E-state index in [9.17, 15) is 14.7 Å². The van der Waals surface area contributed by atoms with Crippen molar-refractivity contribution in [3.63, 3.8) is 0 Å². The first-order valence-corrected chi connectivity index (χ1v) is 12.0.